The molecule has 0 aliphatic rings. The Morgan fingerprint density at radius 3 is 2.40 bits per heavy atom. The summed E-state index contributed by atoms with van der Waals surface area (Å²) in [6.07, 6.45) is 0. The molecule has 106 valence electrons. The van der Waals surface area contributed by atoms with Crippen LogP contribution in [0.2, 0.25) is 15.1 Å². The number of aryl methyl sites for hydroxylation is 1. The standard InChI is InChI=1S/C15H13Cl3FN/c1-8-3-4-10(7-12(8)17)20-9(2)14-11(16)5-6-13(19)15(14)18/h3-7,9,20H,1-2H3. The maximum Gasteiger partial charge on any atom is 0.142 e. The summed E-state index contributed by atoms with van der Waals surface area (Å²) < 4.78 is 13.5. The predicted octanol–water partition coefficient (Wildman–Crippen LogP) is 6.27. The summed E-state index contributed by atoms with van der Waals surface area (Å²) >= 11 is 18.2. The summed E-state index contributed by atoms with van der Waals surface area (Å²) in [4.78, 5) is 0. The van der Waals surface area contributed by atoms with Crippen molar-refractivity contribution in [1.29, 1.82) is 0 Å². The van der Waals surface area contributed by atoms with Gasteiger partial charge in [0.25, 0.3) is 0 Å². The topological polar surface area (TPSA) is 12.0 Å². The highest BCUT2D eigenvalue weighted by molar-refractivity contribution is 6.36. The van der Waals surface area contributed by atoms with Gasteiger partial charge in [-0.05, 0) is 43.7 Å². The van der Waals surface area contributed by atoms with Crippen LogP contribution in [0.3, 0.4) is 0 Å². The Morgan fingerprint density at radius 2 is 1.75 bits per heavy atom. The van der Waals surface area contributed by atoms with Crippen LogP contribution in [0, 0.1) is 12.7 Å². The molecule has 0 radical (unpaired) electrons. The van der Waals surface area contributed by atoms with E-state index in [0.717, 1.165) is 11.3 Å². The van der Waals surface area contributed by atoms with Crippen molar-refractivity contribution in [1.82, 2.24) is 0 Å². The lowest BCUT2D eigenvalue weighted by Crippen LogP contribution is -2.08. The van der Waals surface area contributed by atoms with Crippen LogP contribution in [0.5, 0.6) is 0 Å². The lowest BCUT2D eigenvalue weighted by Gasteiger charge is -2.19. The van der Waals surface area contributed by atoms with Crippen molar-refractivity contribution in [2.45, 2.75) is 19.9 Å². The van der Waals surface area contributed by atoms with Crippen molar-refractivity contribution in [3.8, 4) is 0 Å². The SMILES string of the molecule is Cc1ccc(NC(C)c2c(Cl)ccc(F)c2Cl)cc1Cl. The van der Waals surface area contributed by atoms with E-state index >= 15 is 0 Å². The zero-order valence-electron chi connectivity index (χ0n) is 11.0. The second kappa shape index (κ2) is 6.21. The van der Waals surface area contributed by atoms with E-state index in [2.05, 4.69) is 5.32 Å². The average molecular weight is 333 g/mol. The summed E-state index contributed by atoms with van der Waals surface area (Å²) in [5.74, 6) is -0.485. The Bertz CT molecular complexity index is 643. The zero-order chi connectivity index (χ0) is 14.9. The third-order valence-electron chi connectivity index (χ3n) is 3.07. The average Bonchev–Trinajstić information content (AvgIpc) is 2.39. The smallest absolute Gasteiger partial charge is 0.142 e. The van der Waals surface area contributed by atoms with Gasteiger partial charge < -0.3 is 5.32 Å². The van der Waals surface area contributed by atoms with Gasteiger partial charge in [-0.25, -0.2) is 4.39 Å². The Morgan fingerprint density at radius 1 is 1.05 bits per heavy atom. The van der Waals surface area contributed by atoms with E-state index < -0.39 is 5.82 Å². The van der Waals surface area contributed by atoms with Gasteiger partial charge in [-0.2, -0.15) is 0 Å². The highest BCUT2D eigenvalue weighted by atomic mass is 35.5. The van der Waals surface area contributed by atoms with Crippen molar-refractivity contribution in [2.24, 2.45) is 0 Å². The van der Waals surface area contributed by atoms with Crippen LogP contribution < -0.4 is 5.32 Å². The largest absolute Gasteiger partial charge is 0.378 e. The molecular formula is C15H13Cl3FN. The Kier molecular flexibility index (Phi) is 4.79. The molecule has 0 bridgehead atoms. The molecule has 1 N–H and O–H groups in total. The lowest BCUT2D eigenvalue weighted by molar-refractivity contribution is 0.624. The zero-order valence-corrected chi connectivity index (χ0v) is 13.2. The van der Waals surface area contributed by atoms with E-state index in [9.17, 15) is 4.39 Å². The fourth-order valence-electron chi connectivity index (χ4n) is 1.94. The first-order valence-electron chi connectivity index (χ1n) is 6.06. The molecule has 0 heterocycles. The van der Waals surface area contributed by atoms with Crippen molar-refractivity contribution in [2.75, 3.05) is 5.32 Å². The third kappa shape index (κ3) is 3.20. The summed E-state index contributed by atoms with van der Waals surface area (Å²) in [6.45, 7) is 3.79. The Hall–Kier alpha value is -0.960. The molecule has 1 atom stereocenters. The molecule has 0 fully saturated rings. The fraction of sp³-hybridized carbons (Fsp3) is 0.200. The number of hydrogen-bond donors (Lipinski definition) is 1. The van der Waals surface area contributed by atoms with Gasteiger partial charge in [0.05, 0.1) is 11.1 Å². The summed E-state index contributed by atoms with van der Waals surface area (Å²) in [5, 5.41) is 4.34. The van der Waals surface area contributed by atoms with Crippen LogP contribution >= 0.6 is 34.8 Å². The van der Waals surface area contributed by atoms with Crippen LogP contribution in [-0.2, 0) is 0 Å². The van der Waals surface area contributed by atoms with E-state index in [1.807, 2.05) is 32.0 Å². The van der Waals surface area contributed by atoms with Crippen LogP contribution in [0.1, 0.15) is 24.1 Å². The van der Waals surface area contributed by atoms with Gasteiger partial charge >= 0.3 is 0 Å². The highest BCUT2D eigenvalue weighted by Crippen LogP contribution is 2.34. The van der Waals surface area contributed by atoms with Crippen molar-refractivity contribution >= 4 is 40.5 Å². The van der Waals surface area contributed by atoms with Crippen LogP contribution in [0.15, 0.2) is 30.3 Å². The molecule has 20 heavy (non-hydrogen) atoms. The second-order valence-corrected chi connectivity index (χ2v) is 5.78. The molecular weight excluding hydrogens is 320 g/mol. The molecule has 0 aromatic heterocycles. The number of nitrogens with one attached hydrogen (secondary N) is 1. The molecule has 0 saturated heterocycles. The van der Waals surface area contributed by atoms with Gasteiger partial charge in [0, 0.05) is 21.3 Å². The minimum Gasteiger partial charge on any atom is -0.378 e. The normalized spacial score (nSPS) is 12.3. The first kappa shape index (κ1) is 15.4. The predicted molar refractivity (Wildman–Crippen MR) is 84.6 cm³/mol. The van der Waals surface area contributed by atoms with E-state index in [1.54, 1.807) is 0 Å². The van der Waals surface area contributed by atoms with E-state index in [-0.39, 0.29) is 11.1 Å². The Labute approximate surface area is 132 Å². The van der Waals surface area contributed by atoms with E-state index in [4.69, 9.17) is 34.8 Å². The molecule has 2 rings (SSSR count). The van der Waals surface area contributed by atoms with E-state index in [1.165, 1.54) is 12.1 Å². The molecule has 0 spiro atoms. The number of halogens is 4. The maximum absolute atomic E-state index is 13.5. The molecule has 0 aliphatic carbocycles. The second-order valence-electron chi connectivity index (χ2n) is 4.59. The molecule has 1 unspecified atom stereocenters. The quantitative estimate of drug-likeness (QED) is 0.653. The van der Waals surface area contributed by atoms with Crippen molar-refractivity contribution in [3.05, 3.63) is 62.3 Å². The third-order valence-corrected chi connectivity index (χ3v) is 4.19. The van der Waals surface area contributed by atoms with Gasteiger partial charge in [0.2, 0.25) is 0 Å². The molecule has 2 aromatic carbocycles. The summed E-state index contributed by atoms with van der Waals surface area (Å²) in [6, 6.07) is 8.13. The van der Waals surface area contributed by atoms with Crippen molar-refractivity contribution in [3.63, 3.8) is 0 Å². The highest BCUT2D eigenvalue weighted by Gasteiger charge is 2.17. The monoisotopic (exact) mass is 331 g/mol. The molecule has 1 nitrogen and oxygen atoms in total. The molecule has 0 amide bonds. The Balaban J connectivity index is 2.30. The molecule has 0 saturated carbocycles. The first-order chi connectivity index (χ1) is 9.40. The number of hydrogen-bond acceptors (Lipinski definition) is 1. The van der Waals surface area contributed by atoms with Gasteiger partial charge in [0.1, 0.15) is 5.82 Å². The van der Waals surface area contributed by atoms with Gasteiger partial charge in [0.15, 0.2) is 0 Å². The number of anilines is 1. The lowest BCUT2D eigenvalue weighted by atomic mass is 10.1. The number of benzene rings is 2. The van der Waals surface area contributed by atoms with Gasteiger partial charge in [-0.1, -0.05) is 40.9 Å². The minimum atomic E-state index is -0.485. The molecule has 5 heteroatoms. The summed E-state index contributed by atoms with van der Waals surface area (Å²) in [5.41, 5.74) is 2.35. The van der Waals surface area contributed by atoms with Crippen LogP contribution in [-0.4, -0.2) is 0 Å². The van der Waals surface area contributed by atoms with Gasteiger partial charge in [-0.3, -0.25) is 0 Å². The van der Waals surface area contributed by atoms with Gasteiger partial charge in [-0.15, -0.1) is 0 Å². The summed E-state index contributed by atoms with van der Waals surface area (Å²) in [7, 11) is 0. The fourth-order valence-corrected chi connectivity index (χ4v) is 2.82. The number of rotatable bonds is 3. The minimum absolute atomic E-state index is 0.0377. The molecule has 2 aromatic rings. The molecule has 0 aliphatic heterocycles. The van der Waals surface area contributed by atoms with E-state index in [0.29, 0.717) is 15.6 Å². The van der Waals surface area contributed by atoms with Crippen LogP contribution in [0.4, 0.5) is 10.1 Å². The first-order valence-corrected chi connectivity index (χ1v) is 7.19. The maximum atomic E-state index is 13.5. The van der Waals surface area contributed by atoms with Crippen LogP contribution in [0.25, 0.3) is 0 Å². The van der Waals surface area contributed by atoms with Crippen molar-refractivity contribution < 1.29 is 4.39 Å².